The number of hydrogen-bond donors (Lipinski definition) is 1. The van der Waals surface area contributed by atoms with E-state index in [9.17, 15) is 5.11 Å². The lowest BCUT2D eigenvalue weighted by Gasteiger charge is -2.34. The average Bonchev–Trinajstić information content (AvgIpc) is 2.87. The van der Waals surface area contributed by atoms with Crippen molar-refractivity contribution in [2.24, 2.45) is 0 Å². The predicted molar refractivity (Wildman–Crippen MR) is 82.9 cm³/mol. The van der Waals surface area contributed by atoms with Crippen molar-refractivity contribution < 1.29 is 9.84 Å². The van der Waals surface area contributed by atoms with Gasteiger partial charge in [0, 0.05) is 6.61 Å². The third-order valence-corrected chi connectivity index (χ3v) is 4.47. The van der Waals surface area contributed by atoms with Crippen LogP contribution in [-0.2, 0) is 10.2 Å². The summed E-state index contributed by atoms with van der Waals surface area (Å²) >= 11 is 0. The van der Waals surface area contributed by atoms with Gasteiger partial charge in [-0.3, -0.25) is 0 Å². The SMILES string of the molecule is CCOC1(C(O)c2ccc(C(C)(C)C)cc2)CCCC1. The minimum atomic E-state index is -0.515. The van der Waals surface area contributed by atoms with E-state index in [1.807, 2.05) is 6.92 Å². The summed E-state index contributed by atoms with van der Waals surface area (Å²) in [5.41, 5.74) is 2.06. The van der Waals surface area contributed by atoms with Crippen LogP contribution < -0.4 is 0 Å². The smallest absolute Gasteiger partial charge is 0.108 e. The molecule has 0 radical (unpaired) electrons. The van der Waals surface area contributed by atoms with Crippen LogP contribution in [0.25, 0.3) is 0 Å². The summed E-state index contributed by atoms with van der Waals surface area (Å²) in [6.07, 6.45) is 3.71. The molecule has 112 valence electrons. The molecule has 0 spiro atoms. The zero-order chi connectivity index (χ0) is 14.8. The van der Waals surface area contributed by atoms with Gasteiger partial charge >= 0.3 is 0 Å². The van der Waals surface area contributed by atoms with Crippen molar-refractivity contribution >= 4 is 0 Å². The molecule has 0 heterocycles. The van der Waals surface area contributed by atoms with Crippen molar-refractivity contribution in [1.29, 1.82) is 0 Å². The standard InChI is InChI=1S/C18H28O2/c1-5-20-18(12-6-7-13-18)16(19)14-8-10-15(11-9-14)17(2,3)4/h8-11,16,19H,5-7,12-13H2,1-4H3. The van der Waals surface area contributed by atoms with Crippen LogP contribution in [0.15, 0.2) is 24.3 Å². The topological polar surface area (TPSA) is 29.5 Å². The van der Waals surface area contributed by atoms with Crippen molar-refractivity contribution in [3.05, 3.63) is 35.4 Å². The summed E-state index contributed by atoms with van der Waals surface area (Å²) in [7, 11) is 0. The fourth-order valence-corrected chi connectivity index (χ4v) is 3.23. The molecule has 0 aromatic heterocycles. The first kappa shape index (κ1) is 15.5. The Kier molecular flexibility index (Phi) is 4.55. The highest BCUT2D eigenvalue weighted by Gasteiger charge is 2.42. The van der Waals surface area contributed by atoms with E-state index >= 15 is 0 Å². The molecule has 20 heavy (non-hydrogen) atoms. The molecule has 0 amide bonds. The van der Waals surface area contributed by atoms with Gasteiger partial charge in [0.25, 0.3) is 0 Å². The molecule has 1 atom stereocenters. The summed E-state index contributed by atoms with van der Waals surface area (Å²) in [6.45, 7) is 9.29. The summed E-state index contributed by atoms with van der Waals surface area (Å²) in [5, 5.41) is 10.8. The number of ether oxygens (including phenoxy) is 1. The van der Waals surface area contributed by atoms with E-state index in [0.717, 1.165) is 31.2 Å². The van der Waals surface area contributed by atoms with Gasteiger partial charge in [-0.05, 0) is 36.3 Å². The molecule has 1 aromatic carbocycles. The van der Waals surface area contributed by atoms with Gasteiger partial charge in [-0.15, -0.1) is 0 Å². The maximum Gasteiger partial charge on any atom is 0.108 e. The van der Waals surface area contributed by atoms with Gasteiger partial charge in [0.05, 0.1) is 5.60 Å². The molecular weight excluding hydrogens is 248 g/mol. The molecule has 1 aliphatic carbocycles. The molecule has 1 saturated carbocycles. The quantitative estimate of drug-likeness (QED) is 0.885. The van der Waals surface area contributed by atoms with Crippen LogP contribution in [0.5, 0.6) is 0 Å². The van der Waals surface area contributed by atoms with Gasteiger partial charge in [-0.1, -0.05) is 57.9 Å². The maximum absolute atomic E-state index is 10.8. The number of aliphatic hydroxyl groups excluding tert-OH is 1. The molecule has 2 heteroatoms. The van der Waals surface area contributed by atoms with Crippen LogP contribution in [-0.4, -0.2) is 17.3 Å². The fourth-order valence-electron chi connectivity index (χ4n) is 3.23. The molecule has 1 unspecified atom stereocenters. The minimum Gasteiger partial charge on any atom is -0.385 e. The van der Waals surface area contributed by atoms with E-state index in [1.165, 1.54) is 5.56 Å². The maximum atomic E-state index is 10.8. The van der Waals surface area contributed by atoms with Gasteiger partial charge in [0.2, 0.25) is 0 Å². The van der Waals surface area contributed by atoms with Crippen LogP contribution in [0.4, 0.5) is 0 Å². The van der Waals surface area contributed by atoms with Crippen LogP contribution >= 0.6 is 0 Å². The lowest BCUT2D eigenvalue weighted by molar-refractivity contribution is -0.118. The van der Waals surface area contributed by atoms with E-state index in [4.69, 9.17) is 4.74 Å². The minimum absolute atomic E-state index is 0.147. The number of aliphatic hydroxyl groups is 1. The summed E-state index contributed by atoms with van der Waals surface area (Å²) in [6, 6.07) is 8.38. The van der Waals surface area contributed by atoms with E-state index in [-0.39, 0.29) is 11.0 Å². The average molecular weight is 276 g/mol. The first-order valence-electron chi connectivity index (χ1n) is 7.81. The molecule has 1 aromatic rings. The van der Waals surface area contributed by atoms with Crippen molar-refractivity contribution in [2.75, 3.05) is 6.61 Å². The summed E-state index contributed by atoms with van der Waals surface area (Å²) in [5.74, 6) is 0. The first-order chi connectivity index (χ1) is 9.39. The van der Waals surface area contributed by atoms with Gasteiger partial charge in [-0.25, -0.2) is 0 Å². The van der Waals surface area contributed by atoms with E-state index in [2.05, 4.69) is 45.0 Å². The number of rotatable bonds is 4. The van der Waals surface area contributed by atoms with Gasteiger partial charge in [-0.2, -0.15) is 0 Å². The molecule has 2 rings (SSSR count). The number of hydrogen-bond acceptors (Lipinski definition) is 2. The molecule has 1 aliphatic rings. The first-order valence-corrected chi connectivity index (χ1v) is 7.81. The number of benzene rings is 1. The summed E-state index contributed by atoms with van der Waals surface area (Å²) < 4.78 is 5.95. The highest BCUT2D eigenvalue weighted by Crippen LogP contribution is 2.43. The van der Waals surface area contributed by atoms with Crippen molar-refractivity contribution in [1.82, 2.24) is 0 Å². The van der Waals surface area contributed by atoms with E-state index in [0.29, 0.717) is 6.61 Å². The molecule has 0 bridgehead atoms. The second-order valence-electron chi connectivity index (χ2n) is 6.98. The van der Waals surface area contributed by atoms with Gasteiger partial charge < -0.3 is 9.84 Å². The second kappa shape index (κ2) is 5.87. The molecule has 0 aliphatic heterocycles. The van der Waals surface area contributed by atoms with Crippen molar-refractivity contribution in [3.8, 4) is 0 Å². The highest BCUT2D eigenvalue weighted by molar-refractivity contribution is 5.30. The fraction of sp³-hybridized carbons (Fsp3) is 0.667. The normalized spacial score (nSPS) is 20.1. The Bertz CT molecular complexity index is 422. The Hall–Kier alpha value is -0.860. The van der Waals surface area contributed by atoms with Crippen LogP contribution in [0.2, 0.25) is 0 Å². The molecule has 1 N–H and O–H groups in total. The lowest BCUT2D eigenvalue weighted by Crippen LogP contribution is -2.36. The Morgan fingerprint density at radius 2 is 1.70 bits per heavy atom. The third kappa shape index (κ3) is 3.07. The predicted octanol–water partition coefficient (Wildman–Crippen LogP) is 4.37. The third-order valence-electron chi connectivity index (χ3n) is 4.47. The Morgan fingerprint density at radius 3 is 2.15 bits per heavy atom. The van der Waals surface area contributed by atoms with Crippen molar-refractivity contribution in [2.45, 2.75) is 70.5 Å². The zero-order valence-corrected chi connectivity index (χ0v) is 13.3. The van der Waals surface area contributed by atoms with Crippen LogP contribution in [0, 0.1) is 0 Å². The Labute approximate surface area is 123 Å². The lowest BCUT2D eigenvalue weighted by atomic mass is 9.84. The largest absolute Gasteiger partial charge is 0.385 e. The van der Waals surface area contributed by atoms with Crippen LogP contribution in [0.3, 0.4) is 0 Å². The van der Waals surface area contributed by atoms with E-state index < -0.39 is 6.10 Å². The Balaban J connectivity index is 2.21. The zero-order valence-electron chi connectivity index (χ0n) is 13.3. The van der Waals surface area contributed by atoms with Gasteiger partial charge in [0.15, 0.2) is 0 Å². The van der Waals surface area contributed by atoms with Gasteiger partial charge in [0.1, 0.15) is 6.10 Å². The van der Waals surface area contributed by atoms with E-state index in [1.54, 1.807) is 0 Å². The monoisotopic (exact) mass is 276 g/mol. The summed E-state index contributed by atoms with van der Waals surface area (Å²) in [4.78, 5) is 0. The van der Waals surface area contributed by atoms with Crippen LogP contribution in [0.1, 0.15) is 70.6 Å². The second-order valence-corrected chi connectivity index (χ2v) is 6.98. The Morgan fingerprint density at radius 1 is 1.15 bits per heavy atom. The molecule has 1 fully saturated rings. The molecule has 0 saturated heterocycles. The van der Waals surface area contributed by atoms with Crippen molar-refractivity contribution in [3.63, 3.8) is 0 Å². The highest BCUT2D eigenvalue weighted by atomic mass is 16.5. The molecular formula is C18H28O2. The molecule has 2 nitrogen and oxygen atoms in total.